The van der Waals surface area contributed by atoms with Crippen LogP contribution in [0.15, 0.2) is 60.7 Å². The molecule has 6 nitrogen and oxygen atoms in total. The first kappa shape index (κ1) is 23.8. The van der Waals surface area contributed by atoms with Gasteiger partial charge in [0.15, 0.2) is 11.5 Å². The first-order chi connectivity index (χ1) is 19.0. The van der Waals surface area contributed by atoms with Crippen molar-refractivity contribution in [3.8, 4) is 11.5 Å². The van der Waals surface area contributed by atoms with Crippen LogP contribution in [0.25, 0.3) is 6.08 Å². The Hall–Kier alpha value is -3.09. The maximum absolute atomic E-state index is 13.3. The van der Waals surface area contributed by atoms with E-state index >= 15 is 0 Å². The van der Waals surface area contributed by atoms with Gasteiger partial charge in [0.05, 0.1) is 18.6 Å². The van der Waals surface area contributed by atoms with E-state index in [1.807, 2.05) is 36.4 Å². The molecule has 1 saturated heterocycles. The van der Waals surface area contributed by atoms with E-state index in [9.17, 15) is 4.79 Å². The van der Waals surface area contributed by atoms with Gasteiger partial charge in [0.2, 0.25) is 5.91 Å². The maximum Gasteiger partial charge on any atom is 0.244 e. The van der Waals surface area contributed by atoms with Gasteiger partial charge in [0, 0.05) is 36.8 Å². The highest BCUT2D eigenvalue weighted by Crippen LogP contribution is 2.73. The van der Waals surface area contributed by atoms with Crippen molar-refractivity contribution < 1.29 is 19.0 Å². The maximum atomic E-state index is 13.3. The summed E-state index contributed by atoms with van der Waals surface area (Å²) in [6, 6.07) is 14.4. The van der Waals surface area contributed by atoms with E-state index in [1.165, 1.54) is 30.5 Å². The molecule has 3 fully saturated rings. The Morgan fingerprint density at radius 1 is 1.15 bits per heavy atom. The molecule has 7 aliphatic rings. The molecule has 2 heterocycles. The van der Waals surface area contributed by atoms with E-state index in [0.29, 0.717) is 6.04 Å². The molecule has 2 spiro atoms. The zero-order valence-electron chi connectivity index (χ0n) is 22.7. The molecule has 39 heavy (non-hydrogen) atoms. The predicted molar refractivity (Wildman–Crippen MR) is 149 cm³/mol. The molecular weight excluding hydrogens is 488 g/mol. The fourth-order valence-electron chi connectivity index (χ4n) is 9.05. The smallest absolute Gasteiger partial charge is 0.244 e. The quantitative estimate of drug-likeness (QED) is 0.433. The number of methoxy groups -OCH3 is 2. The Morgan fingerprint density at radius 3 is 2.77 bits per heavy atom. The van der Waals surface area contributed by atoms with Crippen LogP contribution in [0, 0.1) is 11.3 Å². The second-order valence-electron chi connectivity index (χ2n) is 12.4. The highest BCUT2D eigenvalue weighted by molar-refractivity contribution is 5.92. The minimum absolute atomic E-state index is 0.101. The normalized spacial score (nSPS) is 37.0. The van der Waals surface area contributed by atoms with E-state index in [-0.39, 0.29) is 28.9 Å². The highest BCUT2D eigenvalue weighted by atomic mass is 16.6. The minimum Gasteiger partial charge on any atom is -0.493 e. The molecule has 4 bridgehead atoms. The van der Waals surface area contributed by atoms with Crippen molar-refractivity contribution in [1.29, 1.82) is 0 Å². The number of carbonyl (C=O) groups is 1. The number of benzene rings is 2. The molecule has 9 rings (SSSR count). The summed E-state index contributed by atoms with van der Waals surface area (Å²) >= 11 is 0. The first-order valence-corrected chi connectivity index (χ1v) is 14.4. The summed E-state index contributed by atoms with van der Waals surface area (Å²) in [5.41, 5.74) is 2.64. The zero-order valence-corrected chi connectivity index (χ0v) is 22.7. The van der Waals surface area contributed by atoms with Gasteiger partial charge in [-0.15, -0.1) is 0 Å². The van der Waals surface area contributed by atoms with E-state index in [4.69, 9.17) is 14.2 Å². The van der Waals surface area contributed by atoms with E-state index in [0.717, 1.165) is 48.8 Å². The lowest BCUT2D eigenvalue weighted by atomic mass is 9.38. The van der Waals surface area contributed by atoms with Crippen molar-refractivity contribution in [3.63, 3.8) is 0 Å². The number of hydrogen-bond acceptors (Lipinski definition) is 5. The third-order valence-electron chi connectivity index (χ3n) is 10.9. The SMILES string of the molecule is COc1ccc2c3c1OC1[C@@]4(OC)C=C[C@@]5(CC4NC(=O)/C=C/c4ccccc4)[C@@H](C2)N(CC2CC2)CC[C@]315. The predicted octanol–water partition coefficient (Wildman–Crippen LogP) is 4.28. The van der Waals surface area contributed by atoms with E-state index < -0.39 is 5.60 Å². The number of nitrogens with one attached hydrogen (secondary N) is 1. The molecule has 6 atom stereocenters. The van der Waals surface area contributed by atoms with Gasteiger partial charge < -0.3 is 19.5 Å². The second kappa shape index (κ2) is 8.21. The topological polar surface area (TPSA) is 60.0 Å². The minimum atomic E-state index is -0.764. The summed E-state index contributed by atoms with van der Waals surface area (Å²) in [6.45, 7) is 2.25. The van der Waals surface area contributed by atoms with Crippen molar-refractivity contribution in [2.75, 3.05) is 27.3 Å². The molecule has 0 aromatic heterocycles. The number of piperidine rings is 1. The zero-order chi connectivity index (χ0) is 26.4. The molecule has 1 amide bonds. The van der Waals surface area contributed by atoms with Crippen molar-refractivity contribution >= 4 is 12.0 Å². The van der Waals surface area contributed by atoms with Gasteiger partial charge in [-0.05, 0) is 67.8 Å². The molecule has 1 N–H and O–H groups in total. The molecule has 2 aromatic carbocycles. The first-order valence-electron chi connectivity index (χ1n) is 14.4. The second-order valence-corrected chi connectivity index (χ2v) is 12.4. The number of fused-ring (bicyclic) bond motifs is 1. The van der Waals surface area contributed by atoms with Crippen molar-refractivity contribution in [3.05, 3.63) is 77.4 Å². The fraction of sp³-hybridized carbons (Fsp3) is 0.485. The molecule has 2 saturated carbocycles. The van der Waals surface area contributed by atoms with Crippen LogP contribution >= 0.6 is 0 Å². The Balaban J connectivity index is 1.23. The van der Waals surface area contributed by atoms with Crippen LogP contribution in [0.4, 0.5) is 0 Å². The fourth-order valence-corrected chi connectivity index (χ4v) is 9.05. The van der Waals surface area contributed by atoms with Crippen molar-refractivity contribution in [2.24, 2.45) is 11.3 Å². The van der Waals surface area contributed by atoms with Crippen LogP contribution in [0.5, 0.6) is 11.5 Å². The van der Waals surface area contributed by atoms with Gasteiger partial charge in [-0.25, -0.2) is 0 Å². The Bertz CT molecular complexity index is 1400. The van der Waals surface area contributed by atoms with Gasteiger partial charge in [-0.2, -0.15) is 0 Å². The number of nitrogens with zero attached hydrogens (tertiary/aromatic N) is 1. The summed E-state index contributed by atoms with van der Waals surface area (Å²) in [6.07, 6.45) is 13.6. The average molecular weight is 525 g/mol. The molecule has 5 aliphatic carbocycles. The third kappa shape index (κ3) is 3.02. The van der Waals surface area contributed by atoms with Crippen LogP contribution in [-0.2, 0) is 21.4 Å². The summed E-state index contributed by atoms with van der Waals surface area (Å²) in [7, 11) is 3.49. The molecule has 0 radical (unpaired) electrons. The third-order valence-corrected chi connectivity index (χ3v) is 10.9. The Kier molecular flexibility index (Phi) is 5.01. The monoisotopic (exact) mass is 524 g/mol. The average Bonchev–Trinajstić information content (AvgIpc) is 3.71. The lowest BCUT2D eigenvalue weighted by Gasteiger charge is -2.71. The lowest BCUT2D eigenvalue weighted by Crippen LogP contribution is -2.82. The van der Waals surface area contributed by atoms with Gasteiger partial charge >= 0.3 is 0 Å². The van der Waals surface area contributed by atoms with Gasteiger partial charge in [0.1, 0.15) is 11.7 Å². The van der Waals surface area contributed by atoms with Crippen LogP contribution in [-0.4, -0.2) is 61.9 Å². The summed E-state index contributed by atoms with van der Waals surface area (Å²) < 4.78 is 19.3. The summed E-state index contributed by atoms with van der Waals surface area (Å²) in [5.74, 6) is 2.41. The molecule has 2 aliphatic heterocycles. The van der Waals surface area contributed by atoms with Crippen molar-refractivity contribution in [2.45, 2.75) is 61.3 Å². The van der Waals surface area contributed by atoms with E-state index in [1.54, 1.807) is 20.3 Å². The Morgan fingerprint density at radius 2 is 2.00 bits per heavy atom. The van der Waals surface area contributed by atoms with Crippen LogP contribution in [0.1, 0.15) is 42.4 Å². The van der Waals surface area contributed by atoms with Crippen LogP contribution in [0.2, 0.25) is 0 Å². The van der Waals surface area contributed by atoms with Gasteiger partial charge in [-0.1, -0.05) is 48.6 Å². The number of ether oxygens (including phenoxy) is 3. The van der Waals surface area contributed by atoms with Gasteiger partial charge in [-0.3, -0.25) is 9.69 Å². The molecule has 202 valence electrons. The molecular formula is C33H36N2O4. The number of rotatable bonds is 7. The van der Waals surface area contributed by atoms with E-state index in [2.05, 4.69) is 34.5 Å². The summed E-state index contributed by atoms with van der Waals surface area (Å²) in [5, 5.41) is 3.38. The number of amides is 1. The van der Waals surface area contributed by atoms with Crippen LogP contribution < -0.4 is 14.8 Å². The van der Waals surface area contributed by atoms with Crippen molar-refractivity contribution in [1.82, 2.24) is 10.2 Å². The van der Waals surface area contributed by atoms with Gasteiger partial charge in [0.25, 0.3) is 0 Å². The largest absolute Gasteiger partial charge is 0.493 e. The molecule has 2 unspecified atom stereocenters. The Labute approximate surface area is 230 Å². The summed E-state index contributed by atoms with van der Waals surface area (Å²) in [4.78, 5) is 16.1. The lowest BCUT2D eigenvalue weighted by molar-refractivity contribution is -0.203. The molecule has 2 aromatic rings. The van der Waals surface area contributed by atoms with Crippen LogP contribution in [0.3, 0.4) is 0 Å². The number of carbonyl (C=O) groups excluding carboxylic acids is 1. The highest BCUT2D eigenvalue weighted by Gasteiger charge is 2.79. The molecule has 6 heteroatoms. The number of hydrogen-bond donors (Lipinski definition) is 1. The standard InChI is InChI=1S/C33H36N2O4/c1-37-24-12-11-23-18-26-31-14-15-33(38-2,25(19-31)34-27(36)13-10-21-6-4-3-5-7-21)30-32(31,28(23)29(24)39-30)16-17-35(26)20-22-8-9-22/h3-7,10-15,22,25-26,30H,8-9,16-20H2,1-2H3,(H,34,36)/b13-10+/t25?,26-,30?,31-,32+,33-/m1/s1. The number of likely N-dealkylation sites (tertiary alicyclic amines) is 1.